The zero-order chi connectivity index (χ0) is 13.1. The Morgan fingerprint density at radius 1 is 1.22 bits per heavy atom. The van der Waals surface area contributed by atoms with Gasteiger partial charge in [-0.05, 0) is 68.9 Å². The summed E-state index contributed by atoms with van der Waals surface area (Å²) in [5.74, 6) is 0.0621. The van der Waals surface area contributed by atoms with Gasteiger partial charge in [0.25, 0.3) is 0 Å². The third-order valence-electron chi connectivity index (χ3n) is 2.19. The predicted octanol–water partition coefficient (Wildman–Crippen LogP) is 4.93. The van der Waals surface area contributed by atoms with Gasteiger partial charge in [-0.3, -0.25) is 0 Å². The first-order chi connectivity index (χ1) is 8.58. The highest BCUT2D eigenvalue weighted by Gasteiger charge is 2.13. The fraction of sp³-hybridized carbons (Fsp3) is 0. The predicted molar refractivity (Wildman–Crippen MR) is 83.3 cm³/mol. The molecule has 92 valence electrons. The fourth-order valence-corrected chi connectivity index (χ4v) is 2.71. The molecule has 0 aliphatic carbocycles. The van der Waals surface area contributed by atoms with Gasteiger partial charge in [-0.1, -0.05) is 23.7 Å². The van der Waals surface area contributed by atoms with Crippen molar-refractivity contribution in [2.75, 3.05) is 0 Å². The van der Waals surface area contributed by atoms with Crippen LogP contribution in [0.1, 0.15) is 10.4 Å². The largest absolute Gasteiger partial charge is 0.422 e. The Morgan fingerprint density at radius 3 is 2.61 bits per heavy atom. The van der Waals surface area contributed by atoms with Crippen molar-refractivity contribution in [1.29, 1.82) is 0 Å². The second-order valence-electron chi connectivity index (χ2n) is 3.44. The Balaban J connectivity index is 2.24. The summed E-state index contributed by atoms with van der Waals surface area (Å²) in [5.41, 5.74) is 0.542. The van der Waals surface area contributed by atoms with E-state index >= 15 is 0 Å². The summed E-state index contributed by atoms with van der Waals surface area (Å²) in [6.45, 7) is 0. The highest BCUT2D eigenvalue weighted by molar-refractivity contribution is 14.1. The van der Waals surface area contributed by atoms with Crippen LogP contribution in [0, 0.1) is 3.57 Å². The lowest BCUT2D eigenvalue weighted by molar-refractivity contribution is 0.0732. The Labute approximate surface area is 132 Å². The molecular formula is C13H7BrClIO2. The molecular weight excluding hydrogens is 430 g/mol. The smallest absolute Gasteiger partial charge is 0.344 e. The first kappa shape index (κ1) is 13.8. The first-order valence-corrected chi connectivity index (χ1v) is 7.24. The number of hydrogen-bond donors (Lipinski definition) is 0. The third kappa shape index (κ3) is 3.24. The molecule has 0 unspecified atom stereocenters. The number of carbonyl (C=O) groups is 1. The third-order valence-corrected chi connectivity index (χ3v) is 3.99. The van der Waals surface area contributed by atoms with Gasteiger partial charge in [0.1, 0.15) is 5.75 Å². The summed E-state index contributed by atoms with van der Waals surface area (Å²) in [5, 5.41) is 0.580. The normalized spacial score (nSPS) is 10.2. The molecule has 0 aromatic heterocycles. The van der Waals surface area contributed by atoms with E-state index < -0.39 is 0 Å². The van der Waals surface area contributed by atoms with Crippen LogP contribution in [0.5, 0.6) is 5.75 Å². The Hall–Kier alpha value is -0.590. The lowest BCUT2D eigenvalue weighted by Gasteiger charge is -2.07. The topological polar surface area (TPSA) is 26.3 Å². The van der Waals surface area contributed by atoms with Gasteiger partial charge < -0.3 is 4.74 Å². The van der Waals surface area contributed by atoms with Crippen molar-refractivity contribution in [3.05, 3.63) is 61.1 Å². The molecule has 0 aliphatic rings. The van der Waals surface area contributed by atoms with Crippen LogP contribution in [0.25, 0.3) is 0 Å². The number of halogens is 3. The molecule has 0 heterocycles. The highest BCUT2D eigenvalue weighted by Crippen LogP contribution is 2.29. The van der Waals surface area contributed by atoms with Crippen molar-refractivity contribution >= 4 is 56.1 Å². The van der Waals surface area contributed by atoms with E-state index in [-0.39, 0.29) is 5.97 Å². The maximum absolute atomic E-state index is 12.0. The number of hydrogen-bond acceptors (Lipinski definition) is 2. The molecule has 0 saturated carbocycles. The fourth-order valence-electron chi connectivity index (χ4n) is 1.34. The van der Waals surface area contributed by atoms with Crippen molar-refractivity contribution < 1.29 is 9.53 Å². The SMILES string of the molecule is O=C(Oc1ccc(Cl)cc1Br)c1ccccc1I. The zero-order valence-corrected chi connectivity index (χ0v) is 13.5. The first-order valence-electron chi connectivity index (χ1n) is 4.99. The molecule has 0 atom stereocenters. The number of benzene rings is 2. The standard InChI is InChI=1S/C13H7BrClIO2/c14-10-7-8(15)5-6-12(10)18-13(17)9-3-1-2-4-11(9)16/h1-7H. The molecule has 5 heteroatoms. The number of carbonyl (C=O) groups excluding carboxylic acids is 1. The summed E-state index contributed by atoms with van der Waals surface area (Å²) in [6.07, 6.45) is 0. The molecule has 2 nitrogen and oxygen atoms in total. The van der Waals surface area contributed by atoms with E-state index in [0.717, 1.165) is 3.57 Å². The Kier molecular flexibility index (Phi) is 4.64. The monoisotopic (exact) mass is 436 g/mol. The van der Waals surface area contributed by atoms with Crippen LogP contribution in [-0.4, -0.2) is 5.97 Å². The lowest BCUT2D eigenvalue weighted by Crippen LogP contribution is -2.10. The van der Waals surface area contributed by atoms with Gasteiger partial charge in [0.15, 0.2) is 0 Å². The van der Waals surface area contributed by atoms with Crippen LogP contribution in [0.4, 0.5) is 0 Å². The lowest BCUT2D eigenvalue weighted by atomic mass is 10.2. The van der Waals surface area contributed by atoms with Crippen LogP contribution in [-0.2, 0) is 0 Å². The molecule has 18 heavy (non-hydrogen) atoms. The van der Waals surface area contributed by atoms with E-state index in [4.69, 9.17) is 16.3 Å². The van der Waals surface area contributed by atoms with E-state index in [1.807, 2.05) is 12.1 Å². The molecule has 2 aromatic rings. The van der Waals surface area contributed by atoms with E-state index in [1.165, 1.54) is 0 Å². The minimum absolute atomic E-state index is 0.386. The number of rotatable bonds is 2. The molecule has 0 spiro atoms. The Bertz CT molecular complexity index is 601. The molecule has 2 rings (SSSR count). The van der Waals surface area contributed by atoms with Crippen LogP contribution in [0.3, 0.4) is 0 Å². The van der Waals surface area contributed by atoms with Crippen molar-refractivity contribution in [1.82, 2.24) is 0 Å². The Morgan fingerprint density at radius 2 is 1.94 bits per heavy atom. The minimum atomic E-state index is -0.386. The van der Waals surface area contributed by atoms with Crippen LogP contribution in [0.15, 0.2) is 46.9 Å². The van der Waals surface area contributed by atoms with Crippen molar-refractivity contribution in [3.63, 3.8) is 0 Å². The van der Waals surface area contributed by atoms with Gasteiger partial charge in [-0.25, -0.2) is 4.79 Å². The van der Waals surface area contributed by atoms with E-state index in [1.54, 1.807) is 30.3 Å². The van der Waals surface area contributed by atoms with E-state index in [0.29, 0.717) is 20.8 Å². The molecule has 0 aliphatic heterocycles. The second-order valence-corrected chi connectivity index (χ2v) is 5.90. The average molecular weight is 437 g/mol. The second kappa shape index (κ2) is 6.04. The van der Waals surface area contributed by atoms with Gasteiger partial charge in [0.2, 0.25) is 0 Å². The van der Waals surface area contributed by atoms with Crippen molar-refractivity contribution in [2.45, 2.75) is 0 Å². The molecule has 0 saturated heterocycles. The van der Waals surface area contributed by atoms with Crippen molar-refractivity contribution in [3.8, 4) is 5.75 Å². The molecule has 0 N–H and O–H groups in total. The molecule has 0 amide bonds. The molecule has 0 fully saturated rings. The minimum Gasteiger partial charge on any atom is -0.422 e. The summed E-state index contributed by atoms with van der Waals surface area (Å²) < 4.78 is 6.82. The maximum Gasteiger partial charge on any atom is 0.344 e. The van der Waals surface area contributed by atoms with Gasteiger partial charge in [0.05, 0.1) is 10.0 Å². The average Bonchev–Trinajstić information content (AvgIpc) is 2.33. The number of esters is 1. The summed E-state index contributed by atoms with van der Waals surface area (Å²) in [7, 11) is 0. The number of ether oxygens (including phenoxy) is 1. The van der Waals surface area contributed by atoms with Crippen LogP contribution < -0.4 is 4.74 Å². The summed E-state index contributed by atoms with van der Waals surface area (Å²) in [4.78, 5) is 12.0. The zero-order valence-electron chi connectivity index (χ0n) is 8.99. The summed E-state index contributed by atoms with van der Waals surface area (Å²) >= 11 is 11.2. The molecule has 0 bridgehead atoms. The van der Waals surface area contributed by atoms with E-state index in [9.17, 15) is 4.79 Å². The van der Waals surface area contributed by atoms with Gasteiger partial charge in [0, 0.05) is 8.59 Å². The molecule has 0 radical (unpaired) electrons. The van der Waals surface area contributed by atoms with Gasteiger partial charge in [-0.2, -0.15) is 0 Å². The van der Waals surface area contributed by atoms with Gasteiger partial charge in [-0.15, -0.1) is 0 Å². The van der Waals surface area contributed by atoms with Crippen molar-refractivity contribution in [2.24, 2.45) is 0 Å². The highest BCUT2D eigenvalue weighted by atomic mass is 127. The van der Waals surface area contributed by atoms with Crippen LogP contribution in [0.2, 0.25) is 5.02 Å². The summed E-state index contributed by atoms with van der Waals surface area (Å²) in [6, 6.07) is 12.3. The maximum atomic E-state index is 12.0. The van der Waals surface area contributed by atoms with E-state index in [2.05, 4.69) is 38.5 Å². The van der Waals surface area contributed by atoms with Gasteiger partial charge >= 0.3 is 5.97 Å². The van der Waals surface area contributed by atoms with Crippen LogP contribution >= 0.6 is 50.1 Å². The quantitative estimate of drug-likeness (QED) is 0.379. The molecule has 2 aromatic carbocycles.